The zero-order chi connectivity index (χ0) is 15.4. The van der Waals surface area contributed by atoms with Gasteiger partial charge >= 0.3 is 12.0 Å². The maximum Gasteiger partial charge on any atom is 0.315 e. The molecule has 5 nitrogen and oxygen atoms in total. The average molecular weight is 294 g/mol. The molecule has 3 unspecified atom stereocenters. The summed E-state index contributed by atoms with van der Waals surface area (Å²) in [4.78, 5) is 23.0. The van der Waals surface area contributed by atoms with Crippen molar-refractivity contribution in [3.63, 3.8) is 0 Å². The van der Waals surface area contributed by atoms with Crippen LogP contribution in [-0.2, 0) is 4.79 Å². The number of amides is 2. The van der Waals surface area contributed by atoms with Crippen LogP contribution >= 0.6 is 0 Å². The van der Waals surface area contributed by atoms with E-state index in [4.69, 9.17) is 5.11 Å². The van der Waals surface area contributed by atoms with Crippen LogP contribution < -0.4 is 10.6 Å². The molecule has 2 rings (SSSR count). The number of nitrogens with one attached hydrogen (secondary N) is 2. The van der Waals surface area contributed by atoms with E-state index in [0.29, 0.717) is 18.4 Å². The van der Waals surface area contributed by atoms with Gasteiger partial charge in [-0.3, -0.25) is 4.79 Å². The number of urea groups is 1. The molecule has 0 aliphatic heterocycles. The molecule has 3 N–H and O–H groups in total. The second-order valence-corrected chi connectivity index (χ2v) is 5.34. The van der Waals surface area contributed by atoms with Gasteiger partial charge in [0.2, 0.25) is 0 Å². The van der Waals surface area contributed by atoms with Crippen LogP contribution in [0, 0.1) is 11.7 Å². The third kappa shape index (κ3) is 3.71. The van der Waals surface area contributed by atoms with Crippen LogP contribution in [0.15, 0.2) is 24.3 Å². The Hall–Kier alpha value is -2.11. The Kier molecular flexibility index (Phi) is 4.77. The zero-order valence-corrected chi connectivity index (χ0v) is 11.8. The van der Waals surface area contributed by atoms with Gasteiger partial charge < -0.3 is 15.7 Å². The van der Waals surface area contributed by atoms with E-state index >= 15 is 0 Å². The number of rotatable bonds is 4. The Morgan fingerprint density at radius 1 is 1.33 bits per heavy atom. The SMILES string of the molecule is CC(NC(=O)NC1CCCC1C(=O)O)c1ccccc1F. The van der Waals surface area contributed by atoms with Gasteiger partial charge in [-0.2, -0.15) is 0 Å². The molecule has 3 atom stereocenters. The third-order valence-electron chi connectivity index (χ3n) is 3.87. The minimum Gasteiger partial charge on any atom is -0.481 e. The molecule has 1 saturated carbocycles. The number of hydrogen-bond donors (Lipinski definition) is 3. The quantitative estimate of drug-likeness (QED) is 0.798. The lowest BCUT2D eigenvalue weighted by atomic mass is 10.0. The van der Waals surface area contributed by atoms with Crippen molar-refractivity contribution in [3.8, 4) is 0 Å². The highest BCUT2D eigenvalue weighted by Gasteiger charge is 2.34. The Balaban J connectivity index is 1.93. The van der Waals surface area contributed by atoms with E-state index in [1.807, 2.05) is 0 Å². The summed E-state index contributed by atoms with van der Waals surface area (Å²) in [5.74, 6) is -1.81. The minimum absolute atomic E-state index is 0.365. The van der Waals surface area contributed by atoms with E-state index in [2.05, 4.69) is 10.6 Å². The van der Waals surface area contributed by atoms with Gasteiger partial charge in [-0.05, 0) is 25.8 Å². The van der Waals surface area contributed by atoms with E-state index in [9.17, 15) is 14.0 Å². The number of carboxylic acids is 1. The summed E-state index contributed by atoms with van der Waals surface area (Å²) >= 11 is 0. The summed E-state index contributed by atoms with van der Waals surface area (Å²) in [6, 6.07) is 4.90. The van der Waals surface area contributed by atoms with Gasteiger partial charge in [-0.1, -0.05) is 24.6 Å². The topological polar surface area (TPSA) is 78.4 Å². The van der Waals surface area contributed by atoms with Crippen molar-refractivity contribution in [2.24, 2.45) is 5.92 Å². The first-order valence-corrected chi connectivity index (χ1v) is 7.03. The van der Waals surface area contributed by atoms with Gasteiger partial charge in [0.15, 0.2) is 0 Å². The summed E-state index contributed by atoms with van der Waals surface area (Å²) in [6.45, 7) is 1.68. The van der Waals surface area contributed by atoms with E-state index in [-0.39, 0.29) is 11.9 Å². The van der Waals surface area contributed by atoms with E-state index < -0.39 is 24.0 Å². The van der Waals surface area contributed by atoms with Crippen molar-refractivity contribution in [1.29, 1.82) is 0 Å². The van der Waals surface area contributed by atoms with Gasteiger partial charge in [-0.25, -0.2) is 9.18 Å². The van der Waals surface area contributed by atoms with Gasteiger partial charge in [-0.15, -0.1) is 0 Å². The lowest BCUT2D eigenvalue weighted by Gasteiger charge is -2.20. The molecule has 0 spiro atoms. The van der Waals surface area contributed by atoms with Crippen molar-refractivity contribution in [2.45, 2.75) is 38.3 Å². The summed E-state index contributed by atoms with van der Waals surface area (Å²) in [5, 5.41) is 14.4. The van der Waals surface area contributed by atoms with Crippen LogP contribution in [0.3, 0.4) is 0 Å². The standard InChI is InChI=1S/C15H19FN2O3/c1-9(10-5-2-3-7-12(10)16)17-15(21)18-13-8-4-6-11(13)14(19)20/h2-3,5,7,9,11,13H,4,6,8H2,1H3,(H,19,20)(H2,17,18,21). The molecule has 1 aliphatic carbocycles. The maximum atomic E-state index is 13.6. The Bertz CT molecular complexity index is 535. The molecule has 0 radical (unpaired) electrons. The van der Waals surface area contributed by atoms with Gasteiger partial charge in [0.05, 0.1) is 12.0 Å². The molecule has 114 valence electrons. The van der Waals surface area contributed by atoms with Gasteiger partial charge in [0.25, 0.3) is 0 Å². The number of carboxylic acid groups (broad SMARTS) is 1. The number of halogens is 1. The molecular weight excluding hydrogens is 275 g/mol. The van der Waals surface area contributed by atoms with Crippen molar-refractivity contribution in [2.75, 3.05) is 0 Å². The molecule has 6 heteroatoms. The smallest absolute Gasteiger partial charge is 0.315 e. The first-order chi connectivity index (χ1) is 9.99. The number of benzene rings is 1. The van der Waals surface area contributed by atoms with Crippen LogP contribution in [0.25, 0.3) is 0 Å². The molecule has 0 heterocycles. The van der Waals surface area contributed by atoms with Crippen molar-refractivity contribution in [3.05, 3.63) is 35.6 Å². The van der Waals surface area contributed by atoms with Crippen molar-refractivity contribution < 1.29 is 19.1 Å². The molecule has 1 fully saturated rings. The fraction of sp³-hybridized carbons (Fsp3) is 0.467. The number of carbonyl (C=O) groups is 2. The van der Waals surface area contributed by atoms with E-state index in [0.717, 1.165) is 6.42 Å². The molecule has 21 heavy (non-hydrogen) atoms. The average Bonchev–Trinajstić information content (AvgIpc) is 2.87. The Labute approximate surface area is 122 Å². The summed E-state index contributed by atoms with van der Waals surface area (Å²) in [5.41, 5.74) is 0.397. The highest BCUT2D eigenvalue weighted by molar-refractivity contribution is 5.77. The first-order valence-electron chi connectivity index (χ1n) is 7.03. The van der Waals surface area contributed by atoms with Crippen molar-refractivity contribution in [1.82, 2.24) is 10.6 Å². The second kappa shape index (κ2) is 6.56. The number of carbonyl (C=O) groups excluding carboxylic acids is 1. The molecule has 0 aromatic heterocycles. The molecule has 1 aliphatic rings. The predicted molar refractivity (Wildman–Crippen MR) is 75.2 cm³/mol. The monoisotopic (exact) mass is 294 g/mol. The Morgan fingerprint density at radius 3 is 2.71 bits per heavy atom. The van der Waals surface area contributed by atoms with E-state index in [1.165, 1.54) is 6.07 Å². The lowest BCUT2D eigenvalue weighted by Crippen LogP contribution is -2.46. The largest absolute Gasteiger partial charge is 0.481 e. The fourth-order valence-electron chi connectivity index (χ4n) is 2.74. The van der Waals surface area contributed by atoms with Crippen LogP contribution in [0.4, 0.5) is 9.18 Å². The fourth-order valence-corrected chi connectivity index (χ4v) is 2.74. The summed E-state index contributed by atoms with van der Waals surface area (Å²) in [7, 11) is 0. The third-order valence-corrected chi connectivity index (χ3v) is 3.87. The molecule has 0 bridgehead atoms. The normalized spacial score (nSPS) is 22.6. The molecular formula is C15H19FN2O3. The van der Waals surface area contributed by atoms with Crippen LogP contribution in [-0.4, -0.2) is 23.1 Å². The molecule has 1 aromatic carbocycles. The first kappa shape index (κ1) is 15.3. The van der Waals surface area contributed by atoms with Crippen LogP contribution in [0.2, 0.25) is 0 Å². The van der Waals surface area contributed by atoms with Crippen LogP contribution in [0.1, 0.15) is 37.8 Å². The predicted octanol–water partition coefficient (Wildman–Crippen LogP) is 2.44. The summed E-state index contributed by atoms with van der Waals surface area (Å²) in [6.07, 6.45) is 2.01. The molecule has 0 saturated heterocycles. The van der Waals surface area contributed by atoms with Crippen LogP contribution in [0.5, 0.6) is 0 Å². The summed E-state index contributed by atoms with van der Waals surface area (Å²) < 4.78 is 13.6. The zero-order valence-electron chi connectivity index (χ0n) is 11.8. The van der Waals surface area contributed by atoms with Gasteiger partial charge in [0.1, 0.15) is 5.82 Å². The highest BCUT2D eigenvalue weighted by atomic mass is 19.1. The highest BCUT2D eigenvalue weighted by Crippen LogP contribution is 2.26. The number of aliphatic carboxylic acids is 1. The molecule has 2 amide bonds. The minimum atomic E-state index is -0.889. The second-order valence-electron chi connectivity index (χ2n) is 5.34. The van der Waals surface area contributed by atoms with Crippen molar-refractivity contribution >= 4 is 12.0 Å². The van der Waals surface area contributed by atoms with Gasteiger partial charge in [0, 0.05) is 11.6 Å². The van der Waals surface area contributed by atoms with E-state index in [1.54, 1.807) is 25.1 Å². The molecule has 1 aromatic rings. The maximum absolute atomic E-state index is 13.6. The number of hydrogen-bond acceptors (Lipinski definition) is 2. The lowest BCUT2D eigenvalue weighted by molar-refractivity contribution is -0.142. The Morgan fingerprint density at radius 2 is 2.05 bits per heavy atom.